The van der Waals surface area contributed by atoms with Crippen LogP contribution in [0.15, 0.2) is 12.1 Å². The number of hydrogen-bond donors (Lipinski definition) is 2. The number of hydrogen-bond acceptors (Lipinski definition) is 4. The fourth-order valence-electron chi connectivity index (χ4n) is 2.15. The lowest BCUT2D eigenvalue weighted by atomic mass is 9.64. The van der Waals surface area contributed by atoms with Crippen LogP contribution >= 0.6 is 0 Å². The Balaban J connectivity index is 2.35. The number of halogens is 2. The van der Waals surface area contributed by atoms with Gasteiger partial charge in [-0.05, 0) is 12.5 Å². The normalized spacial score (nSPS) is 24.7. The highest BCUT2D eigenvalue weighted by Gasteiger charge is 2.48. The highest BCUT2D eigenvalue weighted by atomic mass is 19.2. The monoisotopic (exact) mass is 272 g/mol. The van der Waals surface area contributed by atoms with E-state index < -0.39 is 39.5 Å². The predicted molar refractivity (Wildman–Crippen MR) is 64.8 cm³/mol. The second kappa shape index (κ2) is 4.41. The fraction of sp³-hybridized carbons (Fsp3) is 0.500. The number of aliphatic hydroxyl groups is 1. The van der Waals surface area contributed by atoms with Crippen LogP contribution in [0.2, 0.25) is 0 Å². The number of aliphatic hydroxyl groups excluding tert-OH is 1. The molecule has 0 radical (unpaired) electrons. The summed E-state index contributed by atoms with van der Waals surface area (Å²) in [6, 6.07) is 1.29. The lowest BCUT2D eigenvalue weighted by Gasteiger charge is -2.49. The number of nitrogens with zero attached hydrogens (tertiary/aromatic N) is 1. The molecule has 2 unspecified atom stereocenters. The van der Waals surface area contributed by atoms with Crippen molar-refractivity contribution in [1.29, 1.82) is 0 Å². The van der Waals surface area contributed by atoms with Crippen LogP contribution in [0.1, 0.15) is 20.3 Å². The van der Waals surface area contributed by atoms with Gasteiger partial charge in [-0.3, -0.25) is 10.1 Å². The van der Waals surface area contributed by atoms with Crippen LogP contribution in [-0.4, -0.2) is 22.2 Å². The van der Waals surface area contributed by atoms with Crippen molar-refractivity contribution in [3.8, 4) is 0 Å². The van der Waals surface area contributed by atoms with Gasteiger partial charge in [-0.15, -0.1) is 0 Å². The van der Waals surface area contributed by atoms with Gasteiger partial charge in [0.05, 0.1) is 11.0 Å². The maximum atomic E-state index is 13.7. The van der Waals surface area contributed by atoms with Gasteiger partial charge < -0.3 is 10.4 Å². The van der Waals surface area contributed by atoms with Crippen molar-refractivity contribution in [2.45, 2.75) is 32.4 Å². The molecule has 2 N–H and O–H groups in total. The topological polar surface area (TPSA) is 75.4 Å². The van der Waals surface area contributed by atoms with Gasteiger partial charge in [0.15, 0.2) is 17.3 Å². The second-order valence-corrected chi connectivity index (χ2v) is 5.28. The first-order valence-electron chi connectivity index (χ1n) is 5.82. The Hall–Kier alpha value is -1.76. The highest BCUT2D eigenvalue weighted by Crippen LogP contribution is 2.43. The van der Waals surface area contributed by atoms with E-state index in [1.807, 2.05) is 0 Å². The molecule has 1 aromatic rings. The van der Waals surface area contributed by atoms with Crippen molar-refractivity contribution in [2.24, 2.45) is 5.41 Å². The maximum Gasteiger partial charge on any atom is 0.295 e. The molecule has 5 nitrogen and oxygen atoms in total. The molecule has 2 atom stereocenters. The third-order valence-corrected chi connectivity index (χ3v) is 3.80. The Morgan fingerprint density at radius 2 is 2.11 bits per heavy atom. The number of nitrogens with one attached hydrogen (secondary N) is 1. The van der Waals surface area contributed by atoms with E-state index in [4.69, 9.17) is 0 Å². The van der Waals surface area contributed by atoms with Crippen molar-refractivity contribution in [3.05, 3.63) is 33.9 Å². The molecule has 1 saturated carbocycles. The number of rotatable bonds is 3. The summed E-state index contributed by atoms with van der Waals surface area (Å²) in [6.07, 6.45) is -0.235. The molecule has 0 aliphatic heterocycles. The first-order valence-corrected chi connectivity index (χ1v) is 5.82. The van der Waals surface area contributed by atoms with E-state index >= 15 is 0 Å². The molecule has 0 saturated heterocycles. The molecular formula is C12H14F2N2O3. The van der Waals surface area contributed by atoms with E-state index in [9.17, 15) is 24.0 Å². The van der Waals surface area contributed by atoms with E-state index in [2.05, 4.69) is 5.32 Å². The fourth-order valence-corrected chi connectivity index (χ4v) is 2.15. The molecule has 0 spiro atoms. The summed E-state index contributed by atoms with van der Waals surface area (Å²) in [4.78, 5) is 10.1. The van der Waals surface area contributed by atoms with Gasteiger partial charge in [-0.25, -0.2) is 8.78 Å². The maximum absolute atomic E-state index is 13.7. The second-order valence-electron chi connectivity index (χ2n) is 5.28. The van der Waals surface area contributed by atoms with Gasteiger partial charge in [0, 0.05) is 17.5 Å². The zero-order chi connectivity index (χ0) is 14.4. The SMILES string of the molecule is CC1(C)C(O)CC1Nc1c([N+](=O)[O-])ccc(F)c1F. The third kappa shape index (κ3) is 2.14. The smallest absolute Gasteiger partial charge is 0.295 e. The van der Waals surface area contributed by atoms with Crippen LogP contribution in [-0.2, 0) is 0 Å². The Kier molecular flexibility index (Phi) is 3.17. The molecule has 104 valence electrons. The average molecular weight is 272 g/mol. The van der Waals surface area contributed by atoms with Crippen molar-refractivity contribution >= 4 is 11.4 Å². The minimum absolute atomic E-state index is 0.333. The predicted octanol–water partition coefficient (Wildman–Crippen LogP) is 2.44. The molecule has 2 rings (SSSR count). The zero-order valence-electron chi connectivity index (χ0n) is 10.5. The van der Waals surface area contributed by atoms with Gasteiger partial charge in [0.2, 0.25) is 0 Å². The molecule has 0 heterocycles. The number of anilines is 1. The number of nitro benzene ring substituents is 1. The molecule has 0 bridgehead atoms. The van der Waals surface area contributed by atoms with E-state index in [1.165, 1.54) is 0 Å². The highest BCUT2D eigenvalue weighted by molar-refractivity contribution is 5.63. The standard InChI is InChI=1S/C12H14F2N2O3/c1-12(2)8(5-9(12)17)15-11-7(16(18)19)4-3-6(13)10(11)14/h3-4,8-9,15,17H,5H2,1-2H3. The minimum Gasteiger partial charge on any atom is -0.392 e. The van der Waals surface area contributed by atoms with Crippen molar-refractivity contribution in [1.82, 2.24) is 0 Å². The summed E-state index contributed by atoms with van der Waals surface area (Å²) >= 11 is 0. The van der Waals surface area contributed by atoms with Crippen LogP contribution < -0.4 is 5.32 Å². The van der Waals surface area contributed by atoms with Gasteiger partial charge >= 0.3 is 0 Å². The molecule has 0 aromatic heterocycles. The van der Waals surface area contributed by atoms with Gasteiger partial charge in [-0.2, -0.15) is 0 Å². The van der Waals surface area contributed by atoms with Gasteiger partial charge in [0.25, 0.3) is 5.69 Å². The van der Waals surface area contributed by atoms with E-state index in [-0.39, 0.29) is 6.04 Å². The number of nitro groups is 1. The Morgan fingerprint density at radius 3 is 2.58 bits per heavy atom. The zero-order valence-corrected chi connectivity index (χ0v) is 10.5. The average Bonchev–Trinajstić information content (AvgIpc) is 2.33. The Labute approximate surface area is 108 Å². The van der Waals surface area contributed by atoms with Crippen LogP contribution in [0.3, 0.4) is 0 Å². The van der Waals surface area contributed by atoms with E-state index in [0.29, 0.717) is 6.42 Å². The largest absolute Gasteiger partial charge is 0.392 e. The molecule has 1 aliphatic carbocycles. The molecule has 7 heteroatoms. The summed E-state index contributed by atoms with van der Waals surface area (Å²) in [5, 5.41) is 23.1. The summed E-state index contributed by atoms with van der Waals surface area (Å²) in [5.74, 6) is -2.42. The summed E-state index contributed by atoms with van der Waals surface area (Å²) in [5.41, 5.74) is -1.53. The molecule has 1 fully saturated rings. The first kappa shape index (κ1) is 13.7. The van der Waals surface area contributed by atoms with E-state index in [1.54, 1.807) is 13.8 Å². The van der Waals surface area contributed by atoms with Gasteiger partial charge in [-0.1, -0.05) is 13.8 Å². The molecular weight excluding hydrogens is 258 g/mol. The van der Waals surface area contributed by atoms with Crippen molar-refractivity contribution in [3.63, 3.8) is 0 Å². The minimum atomic E-state index is -1.27. The van der Waals surface area contributed by atoms with Gasteiger partial charge in [0.1, 0.15) is 0 Å². The lowest BCUT2D eigenvalue weighted by Crippen LogP contribution is -2.57. The summed E-state index contributed by atoms with van der Waals surface area (Å²) < 4.78 is 26.9. The van der Waals surface area contributed by atoms with Crippen molar-refractivity contribution in [2.75, 3.05) is 5.32 Å². The number of benzene rings is 1. The molecule has 0 amide bonds. The molecule has 1 aliphatic rings. The Bertz CT molecular complexity index is 534. The first-order chi connectivity index (χ1) is 8.75. The van der Waals surface area contributed by atoms with Crippen molar-refractivity contribution < 1.29 is 18.8 Å². The van der Waals surface area contributed by atoms with Crippen LogP contribution in [0, 0.1) is 27.2 Å². The quantitative estimate of drug-likeness (QED) is 0.654. The van der Waals surface area contributed by atoms with Crippen LogP contribution in [0.5, 0.6) is 0 Å². The van der Waals surface area contributed by atoms with E-state index in [0.717, 1.165) is 12.1 Å². The summed E-state index contributed by atoms with van der Waals surface area (Å²) in [7, 11) is 0. The van der Waals surface area contributed by atoms with Crippen LogP contribution in [0.25, 0.3) is 0 Å². The van der Waals surface area contributed by atoms with Crippen LogP contribution in [0.4, 0.5) is 20.2 Å². The molecule has 19 heavy (non-hydrogen) atoms. The Morgan fingerprint density at radius 1 is 1.47 bits per heavy atom. The lowest BCUT2D eigenvalue weighted by molar-refractivity contribution is -0.384. The molecule has 1 aromatic carbocycles. The third-order valence-electron chi connectivity index (χ3n) is 3.80. The summed E-state index contributed by atoms with van der Waals surface area (Å²) in [6.45, 7) is 3.50.